The number of methoxy groups -OCH3 is 1. The molecule has 1 aliphatic heterocycles. The summed E-state index contributed by atoms with van der Waals surface area (Å²) in [6.07, 6.45) is -5.68. The highest BCUT2D eigenvalue weighted by Crippen LogP contribution is 2.33. The summed E-state index contributed by atoms with van der Waals surface area (Å²) in [6, 6.07) is 11.1. The van der Waals surface area contributed by atoms with Crippen LogP contribution in [0.1, 0.15) is 17.7 Å². The molecule has 0 radical (unpaired) electrons. The fourth-order valence-electron chi connectivity index (χ4n) is 3.77. The Morgan fingerprint density at radius 2 is 1.83 bits per heavy atom. The van der Waals surface area contributed by atoms with Crippen LogP contribution in [-0.4, -0.2) is 66.7 Å². The van der Waals surface area contributed by atoms with Crippen LogP contribution in [0.15, 0.2) is 64.8 Å². The van der Waals surface area contributed by atoms with E-state index in [1.807, 2.05) is 11.6 Å². The predicted octanol–water partition coefficient (Wildman–Crippen LogP) is 3.30. The van der Waals surface area contributed by atoms with Crippen molar-refractivity contribution in [2.75, 3.05) is 20.4 Å². The molecule has 4 rings (SSSR count). The van der Waals surface area contributed by atoms with Crippen LogP contribution in [0.25, 0.3) is 16.9 Å². The van der Waals surface area contributed by atoms with Gasteiger partial charge in [-0.3, -0.25) is 4.79 Å². The Labute approximate surface area is 236 Å². The average molecular weight is 613 g/mol. The number of hydrogen-bond acceptors (Lipinski definition) is 10. The molecule has 0 bridgehead atoms. The topological polar surface area (TPSA) is 167 Å². The molecule has 14 nitrogen and oxygen atoms in total. The molecule has 0 unspecified atom stereocenters. The van der Waals surface area contributed by atoms with Gasteiger partial charge in [-0.25, -0.2) is 22.6 Å². The van der Waals surface area contributed by atoms with E-state index in [2.05, 4.69) is 24.7 Å². The van der Waals surface area contributed by atoms with Crippen molar-refractivity contribution in [3.8, 4) is 16.9 Å². The third-order valence-electron chi connectivity index (χ3n) is 6.01. The molecule has 42 heavy (non-hydrogen) atoms. The van der Waals surface area contributed by atoms with Crippen molar-refractivity contribution in [2.24, 2.45) is 5.28 Å². The van der Waals surface area contributed by atoms with Crippen molar-refractivity contribution in [3.05, 3.63) is 71.1 Å². The first kappa shape index (κ1) is 30.1. The second kappa shape index (κ2) is 11.9. The molecule has 1 amide bonds. The van der Waals surface area contributed by atoms with Crippen molar-refractivity contribution in [1.82, 2.24) is 19.5 Å². The monoisotopic (exact) mass is 612 g/mol. The summed E-state index contributed by atoms with van der Waals surface area (Å²) >= 11 is 0. The normalized spacial score (nSPS) is 15.5. The number of amides is 1. The molecular weight excluding hydrogens is 589 g/mol. The van der Waals surface area contributed by atoms with Gasteiger partial charge in [0, 0.05) is 12.0 Å². The van der Waals surface area contributed by atoms with E-state index in [0.717, 1.165) is 40.6 Å². The van der Waals surface area contributed by atoms with Crippen molar-refractivity contribution in [1.29, 1.82) is 0 Å². The molecule has 3 aromatic rings. The third-order valence-corrected chi connectivity index (χ3v) is 7.37. The van der Waals surface area contributed by atoms with E-state index in [-0.39, 0.29) is 34.2 Å². The molecule has 0 saturated carbocycles. The zero-order valence-corrected chi connectivity index (χ0v) is 22.8. The standard InChI is InChI=1S/C24H23F3N6O8S/c1-15-3-5-16(6-4-15)20-13-21(24(25,26)27)28-32(20)17-7-9-18(10-8-17)42(37,38)29-22(34)19-11-12-31(19)33(36)30-41-14-40-23(35)39-2/h3-10,13,19H,11-12,14H2,1-2H3,(H,29,34)/b33-30+/t19-/m0/s1. The van der Waals surface area contributed by atoms with Gasteiger partial charge in [-0.1, -0.05) is 29.8 Å². The molecule has 224 valence electrons. The number of carbonyl (C=O) groups is 2. The number of benzene rings is 2. The van der Waals surface area contributed by atoms with Gasteiger partial charge in [0.15, 0.2) is 11.7 Å². The van der Waals surface area contributed by atoms with Crippen molar-refractivity contribution >= 4 is 22.1 Å². The molecule has 2 aromatic carbocycles. The van der Waals surface area contributed by atoms with Gasteiger partial charge in [-0.2, -0.15) is 18.3 Å². The first-order chi connectivity index (χ1) is 19.8. The first-order valence-electron chi connectivity index (χ1n) is 12.0. The maximum absolute atomic E-state index is 13.5. The Morgan fingerprint density at radius 3 is 2.40 bits per heavy atom. The van der Waals surface area contributed by atoms with E-state index in [0.29, 0.717) is 5.56 Å². The molecule has 1 aromatic heterocycles. The highest BCUT2D eigenvalue weighted by molar-refractivity contribution is 7.90. The number of hydrogen-bond donors (Lipinski definition) is 1. The van der Waals surface area contributed by atoms with Crippen molar-refractivity contribution in [2.45, 2.75) is 30.5 Å². The first-order valence-corrected chi connectivity index (χ1v) is 13.5. The number of alkyl halides is 3. The molecule has 0 aliphatic carbocycles. The van der Waals surface area contributed by atoms with E-state index in [1.165, 1.54) is 12.1 Å². The van der Waals surface area contributed by atoms with Crippen LogP contribution in [0.5, 0.6) is 0 Å². The molecule has 1 saturated heterocycles. The van der Waals surface area contributed by atoms with E-state index >= 15 is 0 Å². The Morgan fingerprint density at radius 1 is 1.17 bits per heavy atom. The van der Waals surface area contributed by atoms with Gasteiger partial charge in [0.05, 0.1) is 34.9 Å². The van der Waals surface area contributed by atoms with Crippen LogP contribution in [0.4, 0.5) is 18.0 Å². The minimum Gasteiger partial charge on any atom is -0.569 e. The van der Waals surface area contributed by atoms with Crippen LogP contribution >= 0.6 is 0 Å². The zero-order chi connectivity index (χ0) is 30.7. The quantitative estimate of drug-likeness (QED) is 0.0946. The Kier molecular flexibility index (Phi) is 8.55. The van der Waals surface area contributed by atoms with Crippen LogP contribution in [0.2, 0.25) is 0 Å². The number of hydrazine groups is 1. The van der Waals surface area contributed by atoms with E-state index < -0.39 is 46.8 Å². The molecule has 1 N–H and O–H groups in total. The van der Waals surface area contributed by atoms with E-state index in [4.69, 9.17) is 0 Å². The minimum atomic E-state index is -4.72. The summed E-state index contributed by atoms with van der Waals surface area (Å²) in [5.41, 5.74) is 0.491. The Bertz CT molecular complexity index is 1590. The van der Waals surface area contributed by atoms with Crippen LogP contribution in [-0.2, 0) is 35.3 Å². The largest absolute Gasteiger partial charge is 0.569 e. The lowest BCUT2D eigenvalue weighted by atomic mass is 10.1. The van der Waals surface area contributed by atoms with E-state index in [1.54, 1.807) is 24.3 Å². The summed E-state index contributed by atoms with van der Waals surface area (Å²) < 4.78 is 77.5. The summed E-state index contributed by atoms with van der Waals surface area (Å²) in [4.78, 5) is 27.5. The van der Waals surface area contributed by atoms with Crippen LogP contribution < -0.4 is 4.72 Å². The van der Waals surface area contributed by atoms with Crippen LogP contribution in [0.3, 0.4) is 0 Å². The lowest BCUT2D eigenvalue weighted by Crippen LogP contribution is -2.59. The lowest BCUT2D eigenvalue weighted by Gasteiger charge is -2.33. The van der Waals surface area contributed by atoms with Crippen molar-refractivity contribution < 1.29 is 50.5 Å². The predicted molar refractivity (Wildman–Crippen MR) is 135 cm³/mol. The zero-order valence-electron chi connectivity index (χ0n) is 21.9. The molecule has 0 spiro atoms. The number of carbonyl (C=O) groups excluding carboxylic acids is 2. The van der Waals surface area contributed by atoms with Gasteiger partial charge in [-0.05, 0) is 37.3 Å². The number of nitrogens with zero attached hydrogens (tertiary/aromatic N) is 5. The maximum atomic E-state index is 13.5. The highest BCUT2D eigenvalue weighted by atomic mass is 32.2. The van der Waals surface area contributed by atoms with Gasteiger partial charge in [-0.15, -0.1) is 5.01 Å². The van der Waals surface area contributed by atoms with Gasteiger partial charge < -0.3 is 19.5 Å². The SMILES string of the molecule is COC(=O)OCO/N=[N+](/[O-])N1CC[C@H]1C(=O)NS(=O)(=O)c1ccc(-n2nc(C(F)(F)F)cc2-c2ccc(C)cc2)cc1. The summed E-state index contributed by atoms with van der Waals surface area (Å²) in [7, 11) is -3.38. The molecule has 1 fully saturated rings. The van der Waals surface area contributed by atoms with Crippen molar-refractivity contribution in [3.63, 3.8) is 0 Å². The molecule has 2 heterocycles. The fraction of sp³-hybridized carbons (Fsp3) is 0.292. The van der Waals surface area contributed by atoms with Gasteiger partial charge in [0.25, 0.3) is 22.7 Å². The molecule has 1 atom stereocenters. The molecule has 18 heteroatoms. The number of aromatic nitrogens is 2. The molecule has 1 aliphatic rings. The Hall–Kier alpha value is -4.87. The average Bonchev–Trinajstić information content (AvgIpc) is 3.37. The van der Waals surface area contributed by atoms with Gasteiger partial charge >= 0.3 is 12.3 Å². The second-order valence-electron chi connectivity index (χ2n) is 8.80. The number of nitrogens with one attached hydrogen (secondary N) is 1. The Balaban J connectivity index is 1.48. The second-order valence-corrected chi connectivity index (χ2v) is 10.5. The van der Waals surface area contributed by atoms with E-state index in [9.17, 15) is 36.4 Å². The smallest absolute Gasteiger partial charge is 0.510 e. The minimum absolute atomic E-state index is 0.0498. The third kappa shape index (κ3) is 6.70. The molecular formula is C24H23F3N6O8S. The summed E-state index contributed by atoms with van der Waals surface area (Å²) in [5, 5.41) is 19.7. The highest BCUT2D eigenvalue weighted by Gasteiger charge is 2.42. The summed E-state index contributed by atoms with van der Waals surface area (Å²) in [5.74, 6) is -1.03. The number of halogens is 3. The lowest BCUT2D eigenvalue weighted by molar-refractivity contribution is -0.729. The van der Waals surface area contributed by atoms with Crippen LogP contribution in [0, 0.1) is 12.1 Å². The summed E-state index contributed by atoms with van der Waals surface area (Å²) in [6.45, 7) is 1.13. The number of ether oxygens (including phenoxy) is 2. The number of sulfonamides is 1. The maximum Gasteiger partial charge on any atom is 0.510 e. The van der Waals surface area contributed by atoms with Gasteiger partial charge in [0.1, 0.15) is 0 Å². The fourth-order valence-corrected chi connectivity index (χ4v) is 4.78. The number of aryl methyl sites for hydroxylation is 1. The number of rotatable bonds is 9. The van der Waals surface area contributed by atoms with Gasteiger partial charge in [0.2, 0.25) is 5.28 Å².